The third-order valence-corrected chi connectivity index (χ3v) is 6.92. The van der Waals surface area contributed by atoms with E-state index in [0.29, 0.717) is 23.6 Å². The number of methoxy groups -OCH3 is 2. The van der Waals surface area contributed by atoms with Gasteiger partial charge in [-0.15, -0.1) is 0 Å². The van der Waals surface area contributed by atoms with Crippen LogP contribution >= 0.6 is 21.6 Å². The Morgan fingerprint density at radius 1 is 1.19 bits per heavy atom. The van der Waals surface area contributed by atoms with Crippen molar-refractivity contribution in [2.45, 2.75) is 37.4 Å². The van der Waals surface area contributed by atoms with Gasteiger partial charge in [-0.2, -0.15) is 0 Å². The summed E-state index contributed by atoms with van der Waals surface area (Å²) in [7, 11) is 6.95. The third-order valence-electron chi connectivity index (χ3n) is 3.92. The van der Waals surface area contributed by atoms with Crippen LogP contribution in [-0.2, 0) is 14.3 Å². The van der Waals surface area contributed by atoms with Crippen molar-refractivity contribution in [3.05, 3.63) is 18.2 Å². The number of unbranched alkanes of at least 4 members (excludes halogenated alkanes) is 1. The van der Waals surface area contributed by atoms with Crippen LogP contribution < -0.4 is 14.8 Å². The van der Waals surface area contributed by atoms with Crippen molar-refractivity contribution in [3.8, 4) is 11.5 Å². The van der Waals surface area contributed by atoms with Crippen molar-refractivity contribution in [1.82, 2.24) is 0 Å². The lowest BCUT2D eigenvalue weighted by Crippen LogP contribution is -2.20. The van der Waals surface area contributed by atoms with E-state index >= 15 is 0 Å². The highest BCUT2D eigenvalue weighted by molar-refractivity contribution is 8.77. The fourth-order valence-electron chi connectivity index (χ4n) is 2.54. The van der Waals surface area contributed by atoms with Crippen molar-refractivity contribution < 1.29 is 23.8 Å². The molecule has 0 spiro atoms. The first kappa shape index (κ1) is 20.8. The molecule has 0 saturated carbocycles. The van der Waals surface area contributed by atoms with E-state index in [4.69, 9.17) is 14.2 Å². The fraction of sp³-hybridized carbons (Fsp3) is 0.556. The van der Waals surface area contributed by atoms with Gasteiger partial charge in [0.2, 0.25) is 0 Å². The first-order valence-electron chi connectivity index (χ1n) is 8.58. The second kappa shape index (κ2) is 11.2. The van der Waals surface area contributed by atoms with Crippen molar-refractivity contribution in [2.24, 2.45) is 0 Å². The summed E-state index contributed by atoms with van der Waals surface area (Å²) in [5, 5.41) is 3.40. The van der Waals surface area contributed by atoms with Crippen LogP contribution in [0.25, 0.3) is 0 Å². The largest absolute Gasteiger partial charge is 0.493 e. The highest BCUT2D eigenvalue weighted by Gasteiger charge is 2.16. The van der Waals surface area contributed by atoms with E-state index in [2.05, 4.69) is 5.32 Å². The number of ether oxygens (including phenoxy) is 3. The molecule has 0 radical (unpaired) electrons. The molecule has 8 heteroatoms. The van der Waals surface area contributed by atoms with Crippen LogP contribution in [0.5, 0.6) is 11.5 Å². The molecular formula is C18H25NO5S2. The Morgan fingerprint density at radius 2 is 2.00 bits per heavy atom. The van der Waals surface area contributed by atoms with E-state index in [0.717, 1.165) is 24.5 Å². The van der Waals surface area contributed by atoms with E-state index < -0.39 is 0 Å². The lowest BCUT2D eigenvalue weighted by atomic mass is 10.1. The van der Waals surface area contributed by atoms with Gasteiger partial charge in [0.15, 0.2) is 18.1 Å². The highest BCUT2D eigenvalue weighted by atomic mass is 33.1. The van der Waals surface area contributed by atoms with Crippen molar-refractivity contribution in [2.75, 3.05) is 31.9 Å². The van der Waals surface area contributed by atoms with Crippen molar-refractivity contribution in [3.63, 3.8) is 0 Å². The molecule has 0 aliphatic carbocycles. The number of hydrogen-bond acceptors (Lipinski definition) is 7. The van der Waals surface area contributed by atoms with Crippen LogP contribution in [0.1, 0.15) is 32.1 Å². The number of carbonyl (C=O) groups excluding carboxylic acids is 2. The van der Waals surface area contributed by atoms with Gasteiger partial charge in [-0.25, -0.2) is 0 Å². The summed E-state index contributed by atoms with van der Waals surface area (Å²) >= 11 is 0. The molecule has 1 aliphatic heterocycles. The molecule has 1 amide bonds. The summed E-state index contributed by atoms with van der Waals surface area (Å²) in [6.45, 7) is -0.289. The van der Waals surface area contributed by atoms with Gasteiger partial charge in [-0.3, -0.25) is 9.59 Å². The maximum atomic E-state index is 11.9. The number of carbonyl (C=O) groups is 2. The minimum atomic E-state index is -0.384. The van der Waals surface area contributed by atoms with Gasteiger partial charge in [-0.1, -0.05) is 28.0 Å². The molecule has 26 heavy (non-hydrogen) atoms. The molecule has 1 fully saturated rings. The second-order valence-corrected chi connectivity index (χ2v) is 8.64. The summed E-state index contributed by atoms with van der Waals surface area (Å²) in [5.74, 6) is 1.60. The number of amides is 1. The molecule has 1 saturated heterocycles. The predicted octanol–water partition coefficient (Wildman–Crippen LogP) is 3.90. The van der Waals surface area contributed by atoms with Gasteiger partial charge in [0, 0.05) is 29.2 Å². The van der Waals surface area contributed by atoms with E-state index in [1.165, 1.54) is 19.3 Å². The maximum Gasteiger partial charge on any atom is 0.306 e. The van der Waals surface area contributed by atoms with Crippen LogP contribution in [0.3, 0.4) is 0 Å². The molecule has 1 aromatic carbocycles. The normalized spacial score (nSPS) is 16.2. The zero-order chi connectivity index (χ0) is 18.8. The summed E-state index contributed by atoms with van der Waals surface area (Å²) in [5.41, 5.74) is 0.552. The van der Waals surface area contributed by atoms with Gasteiger partial charge in [-0.05, 0) is 31.4 Å². The lowest BCUT2D eigenvalue weighted by molar-refractivity contribution is -0.147. The lowest BCUT2D eigenvalue weighted by Gasteiger charge is -2.11. The number of anilines is 1. The smallest absolute Gasteiger partial charge is 0.306 e. The molecule has 1 heterocycles. The highest BCUT2D eigenvalue weighted by Crippen LogP contribution is 2.39. The maximum absolute atomic E-state index is 11.9. The minimum absolute atomic E-state index is 0.289. The Hall–Kier alpha value is -1.54. The minimum Gasteiger partial charge on any atom is -0.493 e. The molecule has 0 bridgehead atoms. The number of benzene rings is 1. The number of esters is 1. The van der Waals surface area contributed by atoms with Gasteiger partial charge in [0.05, 0.1) is 14.2 Å². The summed E-state index contributed by atoms with van der Waals surface area (Å²) in [6, 6.07) is 5.04. The van der Waals surface area contributed by atoms with Gasteiger partial charge >= 0.3 is 5.97 Å². The zero-order valence-corrected chi connectivity index (χ0v) is 16.7. The second-order valence-electron chi connectivity index (χ2n) is 5.85. The molecule has 1 N–H and O–H groups in total. The Kier molecular flexibility index (Phi) is 8.97. The van der Waals surface area contributed by atoms with E-state index in [9.17, 15) is 9.59 Å². The van der Waals surface area contributed by atoms with Gasteiger partial charge in [0.1, 0.15) is 0 Å². The predicted molar refractivity (Wildman–Crippen MR) is 106 cm³/mol. The van der Waals surface area contributed by atoms with Crippen molar-refractivity contribution >= 4 is 39.2 Å². The topological polar surface area (TPSA) is 73.9 Å². The van der Waals surface area contributed by atoms with Gasteiger partial charge < -0.3 is 19.5 Å². The summed E-state index contributed by atoms with van der Waals surface area (Å²) < 4.78 is 15.4. The van der Waals surface area contributed by atoms with E-state index in [-0.39, 0.29) is 18.5 Å². The van der Waals surface area contributed by atoms with Crippen LogP contribution in [0.2, 0.25) is 0 Å². The number of hydrogen-bond donors (Lipinski definition) is 1. The third kappa shape index (κ3) is 6.99. The Labute approximate surface area is 162 Å². The average Bonchev–Trinajstić information content (AvgIpc) is 3.17. The first-order chi connectivity index (χ1) is 12.6. The molecule has 0 aromatic heterocycles. The molecule has 2 rings (SSSR count). The monoisotopic (exact) mass is 399 g/mol. The zero-order valence-electron chi connectivity index (χ0n) is 15.1. The average molecular weight is 400 g/mol. The van der Waals surface area contributed by atoms with Crippen LogP contribution in [-0.4, -0.2) is 43.7 Å². The van der Waals surface area contributed by atoms with Crippen LogP contribution in [0, 0.1) is 0 Å². The Bertz CT molecular complexity index is 605. The van der Waals surface area contributed by atoms with Gasteiger partial charge in [0.25, 0.3) is 5.91 Å². The fourth-order valence-corrected chi connectivity index (χ4v) is 5.56. The molecule has 1 aliphatic rings. The summed E-state index contributed by atoms with van der Waals surface area (Å²) in [6.07, 6.45) is 4.58. The van der Waals surface area contributed by atoms with E-state index in [1.807, 2.05) is 21.6 Å². The standard InChI is InChI=1S/C18H25NO5S2/c1-22-15-8-7-13(11-16(15)23-2)19-17(20)12-24-18(21)6-4-3-5-14-9-10-25-26-14/h7-8,11,14H,3-6,9-10,12H2,1-2H3,(H,19,20)/t14-/m1/s1. The quantitative estimate of drug-likeness (QED) is 0.363. The van der Waals surface area contributed by atoms with E-state index in [1.54, 1.807) is 25.3 Å². The molecular weight excluding hydrogens is 374 g/mol. The number of rotatable bonds is 10. The first-order valence-corrected chi connectivity index (χ1v) is 11.0. The Morgan fingerprint density at radius 3 is 2.69 bits per heavy atom. The molecule has 6 nitrogen and oxygen atoms in total. The number of nitrogens with one attached hydrogen (secondary N) is 1. The van der Waals surface area contributed by atoms with Crippen LogP contribution in [0.4, 0.5) is 5.69 Å². The summed E-state index contributed by atoms with van der Waals surface area (Å²) in [4.78, 5) is 23.6. The SMILES string of the molecule is COc1ccc(NC(=O)COC(=O)CCCC[C@@H]2CCSS2)cc1OC. The Balaban J connectivity index is 1.63. The molecule has 0 unspecified atom stereocenters. The van der Waals surface area contributed by atoms with Crippen LogP contribution in [0.15, 0.2) is 18.2 Å². The van der Waals surface area contributed by atoms with Crippen molar-refractivity contribution in [1.29, 1.82) is 0 Å². The molecule has 1 atom stereocenters. The molecule has 144 valence electrons. The molecule has 1 aromatic rings.